The number of fused-ring (bicyclic) bond motifs is 1. The summed E-state index contributed by atoms with van der Waals surface area (Å²) in [6.45, 7) is 4.34. The van der Waals surface area contributed by atoms with E-state index in [2.05, 4.69) is 4.90 Å². The maximum absolute atomic E-state index is 13.1. The number of nitrogens with zero attached hydrogens (tertiary/aromatic N) is 1. The molecular formula is C14H16FNO3. The maximum atomic E-state index is 13.1. The Kier molecular flexibility index (Phi) is 3.24. The van der Waals surface area contributed by atoms with Crippen LogP contribution in [-0.2, 0) is 4.74 Å². The quantitative estimate of drug-likeness (QED) is 0.771. The number of rotatable bonds is 1. The van der Waals surface area contributed by atoms with E-state index in [-0.39, 0.29) is 30.4 Å². The van der Waals surface area contributed by atoms with E-state index in [4.69, 9.17) is 9.47 Å². The van der Waals surface area contributed by atoms with E-state index in [9.17, 15) is 9.18 Å². The molecule has 0 spiro atoms. The third-order valence-electron chi connectivity index (χ3n) is 3.62. The molecule has 3 rings (SSSR count). The average Bonchev–Trinajstić information content (AvgIpc) is 2.39. The van der Waals surface area contributed by atoms with Gasteiger partial charge in [-0.3, -0.25) is 9.69 Å². The molecule has 1 fully saturated rings. The number of halogens is 1. The van der Waals surface area contributed by atoms with Gasteiger partial charge in [-0.1, -0.05) is 0 Å². The summed E-state index contributed by atoms with van der Waals surface area (Å²) in [5.41, 5.74) is 0.469. The van der Waals surface area contributed by atoms with Gasteiger partial charge in [-0.15, -0.1) is 0 Å². The molecule has 0 saturated carbocycles. The van der Waals surface area contributed by atoms with Gasteiger partial charge in [-0.2, -0.15) is 0 Å². The molecule has 2 heterocycles. The zero-order valence-corrected chi connectivity index (χ0v) is 10.8. The third kappa shape index (κ3) is 2.35. The molecule has 2 aliphatic rings. The predicted molar refractivity (Wildman–Crippen MR) is 67.0 cm³/mol. The van der Waals surface area contributed by atoms with Gasteiger partial charge in [0.1, 0.15) is 24.2 Å². The SMILES string of the molecule is C[C@@H]1CN(C2COc3cc(F)ccc3C2=O)CCO1. The molecule has 1 aromatic rings. The summed E-state index contributed by atoms with van der Waals surface area (Å²) in [5, 5.41) is 0. The second kappa shape index (κ2) is 4.90. The third-order valence-corrected chi connectivity index (χ3v) is 3.62. The van der Waals surface area contributed by atoms with Crippen LogP contribution in [0.1, 0.15) is 17.3 Å². The molecule has 4 nitrogen and oxygen atoms in total. The Hall–Kier alpha value is -1.46. The molecule has 0 aromatic heterocycles. The number of ether oxygens (including phenoxy) is 2. The Labute approximate surface area is 111 Å². The molecule has 0 aliphatic carbocycles. The van der Waals surface area contributed by atoms with Crippen LogP contribution in [0.4, 0.5) is 4.39 Å². The highest BCUT2D eigenvalue weighted by atomic mass is 19.1. The Balaban J connectivity index is 1.83. The molecular weight excluding hydrogens is 249 g/mol. The van der Waals surface area contributed by atoms with Crippen molar-refractivity contribution < 1.29 is 18.7 Å². The van der Waals surface area contributed by atoms with Crippen LogP contribution in [-0.4, -0.2) is 49.1 Å². The number of ketones is 1. The highest BCUT2D eigenvalue weighted by Crippen LogP contribution is 2.28. The lowest BCUT2D eigenvalue weighted by molar-refractivity contribution is -0.0369. The smallest absolute Gasteiger partial charge is 0.187 e. The molecule has 0 amide bonds. The molecule has 1 saturated heterocycles. The predicted octanol–water partition coefficient (Wildman–Crippen LogP) is 1.49. The monoisotopic (exact) mass is 265 g/mol. The van der Waals surface area contributed by atoms with Crippen LogP contribution in [0, 0.1) is 5.82 Å². The van der Waals surface area contributed by atoms with Gasteiger partial charge in [0.2, 0.25) is 0 Å². The summed E-state index contributed by atoms with van der Waals surface area (Å²) < 4.78 is 24.1. The van der Waals surface area contributed by atoms with Gasteiger partial charge < -0.3 is 9.47 Å². The molecule has 1 unspecified atom stereocenters. The maximum Gasteiger partial charge on any atom is 0.187 e. The minimum absolute atomic E-state index is 0.00958. The van der Waals surface area contributed by atoms with E-state index < -0.39 is 0 Å². The van der Waals surface area contributed by atoms with E-state index >= 15 is 0 Å². The second-order valence-corrected chi connectivity index (χ2v) is 5.01. The van der Waals surface area contributed by atoms with Crippen molar-refractivity contribution in [2.75, 3.05) is 26.3 Å². The van der Waals surface area contributed by atoms with Crippen molar-refractivity contribution in [3.63, 3.8) is 0 Å². The fourth-order valence-electron chi connectivity index (χ4n) is 2.64. The summed E-state index contributed by atoms with van der Waals surface area (Å²) in [7, 11) is 0. The number of morpholine rings is 1. The van der Waals surface area contributed by atoms with E-state index in [0.29, 0.717) is 17.9 Å². The standard InChI is InChI=1S/C14H16FNO3/c1-9-7-16(4-5-18-9)12-8-19-13-6-10(15)2-3-11(13)14(12)17/h2-3,6,9,12H,4-5,7-8H2,1H3/t9-,12?/m1/s1. The summed E-state index contributed by atoms with van der Waals surface area (Å²) >= 11 is 0. The normalized spacial score (nSPS) is 27.8. The fraction of sp³-hybridized carbons (Fsp3) is 0.500. The zero-order chi connectivity index (χ0) is 13.4. The molecule has 2 aliphatic heterocycles. The van der Waals surface area contributed by atoms with Crippen LogP contribution >= 0.6 is 0 Å². The van der Waals surface area contributed by atoms with E-state index in [1.807, 2.05) is 6.92 Å². The molecule has 102 valence electrons. The average molecular weight is 265 g/mol. The van der Waals surface area contributed by atoms with Gasteiger partial charge in [0.25, 0.3) is 0 Å². The van der Waals surface area contributed by atoms with Gasteiger partial charge in [-0.25, -0.2) is 4.39 Å². The van der Waals surface area contributed by atoms with Gasteiger partial charge >= 0.3 is 0 Å². The molecule has 1 aromatic carbocycles. The van der Waals surface area contributed by atoms with Gasteiger partial charge in [0.15, 0.2) is 5.78 Å². The highest BCUT2D eigenvalue weighted by molar-refractivity contribution is 6.03. The van der Waals surface area contributed by atoms with Crippen LogP contribution in [0.25, 0.3) is 0 Å². The van der Waals surface area contributed by atoms with E-state index in [1.54, 1.807) is 0 Å². The van der Waals surface area contributed by atoms with Crippen molar-refractivity contribution >= 4 is 5.78 Å². The summed E-state index contributed by atoms with van der Waals surface area (Å²) in [4.78, 5) is 14.5. The first kappa shape index (κ1) is 12.6. The van der Waals surface area contributed by atoms with Crippen molar-refractivity contribution in [1.29, 1.82) is 0 Å². The summed E-state index contributed by atoms with van der Waals surface area (Å²) in [6.07, 6.45) is 0.121. The minimum atomic E-state index is -0.384. The molecule has 0 N–H and O–H groups in total. The Morgan fingerprint density at radius 1 is 1.42 bits per heavy atom. The lowest BCUT2D eigenvalue weighted by Gasteiger charge is -2.38. The van der Waals surface area contributed by atoms with Gasteiger partial charge in [0.05, 0.1) is 18.3 Å². The topological polar surface area (TPSA) is 38.8 Å². The lowest BCUT2D eigenvalue weighted by atomic mass is 9.99. The molecule has 2 atom stereocenters. The van der Waals surface area contributed by atoms with Crippen LogP contribution in [0.2, 0.25) is 0 Å². The Bertz CT molecular complexity index is 505. The van der Waals surface area contributed by atoms with Gasteiger partial charge in [-0.05, 0) is 19.1 Å². The van der Waals surface area contributed by atoms with E-state index in [0.717, 1.165) is 13.1 Å². The van der Waals surface area contributed by atoms with E-state index in [1.165, 1.54) is 18.2 Å². The molecule has 0 bridgehead atoms. The molecule has 5 heteroatoms. The summed E-state index contributed by atoms with van der Waals surface area (Å²) in [6, 6.07) is 3.78. The second-order valence-electron chi connectivity index (χ2n) is 5.01. The molecule has 19 heavy (non-hydrogen) atoms. The Morgan fingerprint density at radius 2 is 2.26 bits per heavy atom. The van der Waals surface area contributed by atoms with Crippen LogP contribution in [0.3, 0.4) is 0 Å². The molecule has 0 radical (unpaired) electrons. The first-order valence-corrected chi connectivity index (χ1v) is 6.47. The largest absolute Gasteiger partial charge is 0.491 e. The number of carbonyl (C=O) groups excluding carboxylic acids is 1. The minimum Gasteiger partial charge on any atom is -0.491 e. The Morgan fingerprint density at radius 3 is 3.05 bits per heavy atom. The fourth-order valence-corrected chi connectivity index (χ4v) is 2.64. The van der Waals surface area contributed by atoms with Crippen molar-refractivity contribution in [3.8, 4) is 5.75 Å². The first-order valence-electron chi connectivity index (χ1n) is 6.47. The highest BCUT2D eigenvalue weighted by Gasteiger charge is 2.35. The number of carbonyl (C=O) groups is 1. The van der Waals surface area contributed by atoms with Gasteiger partial charge in [0, 0.05) is 19.2 Å². The van der Waals surface area contributed by atoms with Crippen molar-refractivity contribution in [1.82, 2.24) is 4.90 Å². The van der Waals surface area contributed by atoms with Crippen molar-refractivity contribution in [2.24, 2.45) is 0 Å². The zero-order valence-electron chi connectivity index (χ0n) is 10.8. The number of hydrogen-bond acceptors (Lipinski definition) is 4. The summed E-state index contributed by atoms with van der Waals surface area (Å²) in [5.74, 6) is -0.0251. The van der Waals surface area contributed by atoms with Crippen LogP contribution in [0.5, 0.6) is 5.75 Å². The number of Topliss-reactive ketones (excluding diaryl/α,β-unsaturated/α-hetero) is 1. The van der Waals surface area contributed by atoms with Crippen LogP contribution in [0.15, 0.2) is 18.2 Å². The van der Waals surface area contributed by atoms with Crippen molar-refractivity contribution in [2.45, 2.75) is 19.1 Å². The lowest BCUT2D eigenvalue weighted by Crippen LogP contribution is -2.53. The number of hydrogen-bond donors (Lipinski definition) is 0. The van der Waals surface area contributed by atoms with Crippen LogP contribution < -0.4 is 4.74 Å². The first-order chi connectivity index (χ1) is 9.15. The number of benzene rings is 1. The van der Waals surface area contributed by atoms with Crippen molar-refractivity contribution in [3.05, 3.63) is 29.6 Å².